The average Bonchev–Trinajstić information content (AvgIpc) is 1.41. The van der Waals surface area contributed by atoms with Gasteiger partial charge in [0.15, 0.2) is 0 Å². The summed E-state index contributed by atoms with van der Waals surface area (Å²) in [6.45, 7) is 6.51. The maximum absolute atomic E-state index is 4.36. The van der Waals surface area contributed by atoms with Crippen LogP contribution < -0.4 is 0 Å². The zero-order valence-corrected chi connectivity index (χ0v) is 3.48. The molecule has 0 aliphatic heterocycles. The summed E-state index contributed by atoms with van der Waals surface area (Å²) in [4.78, 5) is 0. The second-order valence-electron chi connectivity index (χ2n) is 0.469. The van der Waals surface area contributed by atoms with Gasteiger partial charge < -0.3 is 4.74 Å². The van der Waals surface area contributed by atoms with E-state index in [9.17, 15) is 0 Å². The van der Waals surface area contributed by atoms with Crippen LogP contribution in [0.2, 0.25) is 0 Å². The average molecular weight is 82.1 g/mol. The van der Waals surface area contributed by atoms with Crippen LogP contribution in [0.25, 0.3) is 0 Å². The van der Waals surface area contributed by atoms with E-state index < -0.39 is 0 Å². The van der Waals surface area contributed by atoms with Gasteiger partial charge in [-0.15, -0.1) is 0 Å². The first-order valence-corrected chi connectivity index (χ1v) is 1.29. The lowest BCUT2D eigenvalue weighted by molar-refractivity contribution is 0.406. The zero-order chi connectivity index (χ0) is 4.12. The molecule has 4 radical (unpaired) electrons. The molecule has 0 aliphatic carbocycles. The van der Waals surface area contributed by atoms with Gasteiger partial charge in [-0.2, -0.15) is 0 Å². The molecular formula is C5H6O. The van der Waals surface area contributed by atoms with Gasteiger partial charge in [0.1, 0.15) is 0 Å². The molecular weight excluding hydrogens is 76.1 g/mol. The monoisotopic (exact) mass is 82.0 g/mol. The molecule has 0 saturated heterocycles. The zero-order valence-electron chi connectivity index (χ0n) is 3.48. The van der Waals surface area contributed by atoms with Crippen molar-refractivity contribution in [2.75, 3.05) is 0 Å². The van der Waals surface area contributed by atoms with Gasteiger partial charge in [-0.05, 0) is 0 Å². The highest BCUT2D eigenvalue weighted by Crippen LogP contribution is 1.65. The lowest BCUT2D eigenvalue weighted by Crippen LogP contribution is -1.52. The van der Waals surface area contributed by atoms with Crippen LogP contribution in [0.5, 0.6) is 0 Å². The van der Waals surface area contributed by atoms with Crippen molar-refractivity contribution in [3.63, 3.8) is 0 Å². The maximum atomic E-state index is 4.36. The fourth-order valence-electron chi connectivity index (χ4n) is 0.0680. The Hall–Kier alpha value is -0.720. The fourth-order valence-corrected chi connectivity index (χ4v) is 0.0680. The van der Waals surface area contributed by atoms with E-state index in [1.807, 2.05) is 0 Å². The quantitative estimate of drug-likeness (QED) is 0.457. The Morgan fingerprint density at radius 1 is 1.17 bits per heavy atom. The van der Waals surface area contributed by atoms with E-state index in [0.717, 1.165) is 0 Å². The number of rotatable bonds is 2. The standard InChI is InChI=1S/C4H6O.C/c1-3-5-4-2;/h3-4H,1-2H2;. The van der Waals surface area contributed by atoms with E-state index in [0.29, 0.717) is 0 Å². The molecule has 0 spiro atoms. The third-order valence-corrected chi connectivity index (χ3v) is 0.192. The molecule has 0 saturated carbocycles. The predicted octanol–water partition coefficient (Wildman–Crippen LogP) is 1.37. The summed E-state index contributed by atoms with van der Waals surface area (Å²) >= 11 is 0. The minimum absolute atomic E-state index is 0. The van der Waals surface area contributed by atoms with Gasteiger partial charge in [-0.3, -0.25) is 0 Å². The third kappa shape index (κ3) is 10.4. The van der Waals surface area contributed by atoms with E-state index in [4.69, 9.17) is 0 Å². The van der Waals surface area contributed by atoms with Crippen molar-refractivity contribution < 1.29 is 4.74 Å². The van der Waals surface area contributed by atoms with Crippen LogP contribution in [0.4, 0.5) is 0 Å². The Balaban J connectivity index is 0. The molecule has 1 heteroatoms. The van der Waals surface area contributed by atoms with Crippen LogP contribution in [0.3, 0.4) is 0 Å². The Kier molecular flexibility index (Phi) is 13.3. The molecule has 32 valence electrons. The van der Waals surface area contributed by atoms with Crippen LogP contribution in [-0.4, -0.2) is 0 Å². The van der Waals surface area contributed by atoms with Crippen molar-refractivity contribution in [3.8, 4) is 0 Å². The largest absolute Gasteiger partial charge is 0.474 e. The summed E-state index contributed by atoms with van der Waals surface area (Å²) < 4.78 is 4.36. The molecule has 0 fully saturated rings. The topological polar surface area (TPSA) is 9.23 Å². The molecule has 0 heterocycles. The van der Waals surface area contributed by atoms with Gasteiger partial charge in [-0.1, -0.05) is 13.2 Å². The third-order valence-electron chi connectivity index (χ3n) is 0.192. The summed E-state index contributed by atoms with van der Waals surface area (Å²) in [5.74, 6) is 0. The van der Waals surface area contributed by atoms with Gasteiger partial charge in [0.05, 0.1) is 12.5 Å². The van der Waals surface area contributed by atoms with Gasteiger partial charge in [0.2, 0.25) is 0 Å². The van der Waals surface area contributed by atoms with Crippen LogP contribution >= 0.6 is 0 Å². The van der Waals surface area contributed by atoms with Crippen molar-refractivity contribution in [2.24, 2.45) is 0 Å². The van der Waals surface area contributed by atoms with Crippen LogP contribution in [-0.2, 0) is 4.74 Å². The van der Waals surface area contributed by atoms with E-state index in [1.165, 1.54) is 12.5 Å². The van der Waals surface area contributed by atoms with Gasteiger partial charge in [-0.25, -0.2) is 0 Å². The van der Waals surface area contributed by atoms with Crippen molar-refractivity contribution in [2.45, 2.75) is 0 Å². The Morgan fingerprint density at radius 2 is 1.50 bits per heavy atom. The van der Waals surface area contributed by atoms with E-state index in [-0.39, 0.29) is 7.43 Å². The maximum Gasteiger partial charge on any atom is 0.0829 e. The Bertz CT molecular complexity index is 33.2. The molecule has 0 aliphatic rings. The number of ether oxygens (including phenoxy) is 1. The molecule has 0 bridgehead atoms. The molecule has 0 N–H and O–H groups in total. The second-order valence-corrected chi connectivity index (χ2v) is 0.469. The molecule has 0 rings (SSSR count). The first-order valence-electron chi connectivity index (χ1n) is 1.29. The smallest absolute Gasteiger partial charge is 0.0829 e. The lowest BCUT2D eigenvalue weighted by atomic mass is 11.1. The van der Waals surface area contributed by atoms with Crippen molar-refractivity contribution in [1.29, 1.82) is 0 Å². The molecule has 0 aromatic carbocycles. The normalized spacial score (nSPS) is 4.67. The summed E-state index contributed by atoms with van der Waals surface area (Å²) in [5.41, 5.74) is 0. The highest BCUT2D eigenvalue weighted by atomic mass is 16.5. The minimum Gasteiger partial charge on any atom is -0.474 e. The van der Waals surface area contributed by atoms with Gasteiger partial charge in [0.25, 0.3) is 0 Å². The first-order chi connectivity index (χ1) is 2.41. The highest BCUT2D eigenvalue weighted by molar-refractivity contribution is 4.57. The van der Waals surface area contributed by atoms with E-state index >= 15 is 0 Å². The second kappa shape index (κ2) is 8.86. The summed E-state index contributed by atoms with van der Waals surface area (Å²) in [6, 6.07) is 0. The molecule has 6 heavy (non-hydrogen) atoms. The summed E-state index contributed by atoms with van der Waals surface area (Å²) in [7, 11) is 0. The number of hydrogen-bond donors (Lipinski definition) is 0. The minimum atomic E-state index is 0. The Morgan fingerprint density at radius 3 is 1.50 bits per heavy atom. The molecule has 0 aromatic rings. The predicted molar refractivity (Wildman–Crippen MR) is 24.7 cm³/mol. The summed E-state index contributed by atoms with van der Waals surface area (Å²) in [6.07, 6.45) is 2.62. The SMILES string of the molecule is C=COC=C.[C]. The van der Waals surface area contributed by atoms with Gasteiger partial charge >= 0.3 is 0 Å². The van der Waals surface area contributed by atoms with Crippen LogP contribution in [0.15, 0.2) is 25.7 Å². The van der Waals surface area contributed by atoms with Gasteiger partial charge in [0, 0.05) is 7.43 Å². The molecule has 0 aromatic heterocycles. The molecule has 0 unspecified atom stereocenters. The molecule has 1 nitrogen and oxygen atoms in total. The first kappa shape index (κ1) is 8.99. The molecule has 0 amide bonds. The summed E-state index contributed by atoms with van der Waals surface area (Å²) in [5, 5.41) is 0. The lowest BCUT2D eigenvalue weighted by Gasteiger charge is -1.76. The number of hydrogen-bond acceptors (Lipinski definition) is 1. The Labute approximate surface area is 38.9 Å². The van der Waals surface area contributed by atoms with Crippen molar-refractivity contribution in [3.05, 3.63) is 33.1 Å². The van der Waals surface area contributed by atoms with E-state index in [2.05, 4.69) is 17.9 Å². The van der Waals surface area contributed by atoms with Crippen LogP contribution in [0.1, 0.15) is 0 Å². The van der Waals surface area contributed by atoms with E-state index in [1.54, 1.807) is 0 Å². The van der Waals surface area contributed by atoms with Crippen LogP contribution in [0, 0.1) is 7.43 Å². The fraction of sp³-hybridized carbons (Fsp3) is 0. The molecule has 0 atom stereocenters. The van der Waals surface area contributed by atoms with Crippen molar-refractivity contribution >= 4 is 0 Å². The van der Waals surface area contributed by atoms with Crippen molar-refractivity contribution in [1.82, 2.24) is 0 Å². The highest BCUT2D eigenvalue weighted by Gasteiger charge is 1.45.